The van der Waals surface area contributed by atoms with Crippen LogP contribution in [0.2, 0.25) is 0 Å². The van der Waals surface area contributed by atoms with E-state index in [4.69, 9.17) is 15.3 Å². The number of nitrogens with one attached hydrogen (secondary N) is 1. The number of amides is 2. The molecular formula is C20H19N5O8S2. The maximum Gasteiger partial charge on any atom is 0.352 e. The van der Waals surface area contributed by atoms with Gasteiger partial charge < -0.3 is 25.7 Å². The SMILES string of the molecule is CO/N=C(\C(=O)NC1C(=O)N2C(C(=O)O)=C(c3c(OC(C)C)c(=O)c3=O)CS[C@H]12)c1csc(N)n1. The molecule has 0 saturated carbocycles. The molecule has 0 spiro atoms. The number of nitrogen functional groups attached to an aromatic ring is 1. The summed E-state index contributed by atoms with van der Waals surface area (Å²) in [6.07, 6.45) is -0.420. The lowest BCUT2D eigenvalue weighted by Gasteiger charge is -2.49. The fraction of sp³-hybridized carbons (Fsp3) is 0.350. The van der Waals surface area contributed by atoms with Crippen molar-refractivity contribution in [1.82, 2.24) is 15.2 Å². The molecule has 184 valence electrons. The van der Waals surface area contributed by atoms with Gasteiger partial charge in [-0.25, -0.2) is 9.78 Å². The van der Waals surface area contributed by atoms with E-state index in [1.165, 1.54) is 12.5 Å². The van der Waals surface area contributed by atoms with E-state index in [2.05, 4.69) is 15.5 Å². The molecule has 15 heteroatoms. The second-order valence-electron chi connectivity index (χ2n) is 7.72. The molecule has 0 bridgehead atoms. The van der Waals surface area contributed by atoms with Crippen LogP contribution in [0.15, 0.2) is 25.8 Å². The number of carboxylic acids is 1. The Hall–Kier alpha value is -3.72. The lowest BCUT2D eigenvalue weighted by Crippen LogP contribution is -2.71. The largest absolute Gasteiger partial charge is 0.486 e. The molecule has 1 fully saturated rings. The third-order valence-electron chi connectivity index (χ3n) is 5.14. The molecule has 2 aliphatic rings. The zero-order valence-corrected chi connectivity index (χ0v) is 20.2. The third-order valence-corrected chi connectivity index (χ3v) is 7.10. The molecule has 2 aromatic rings. The number of hydrogen-bond acceptors (Lipinski definition) is 12. The van der Waals surface area contributed by atoms with Crippen LogP contribution in [-0.2, 0) is 19.2 Å². The Morgan fingerprint density at radius 3 is 2.60 bits per heavy atom. The third kappa shape index (κ3) is 4.05. The number of carbonyl (C=O) groups excluding carboxylic acids is 2. The highest BCUT2D eigenvalue weighted by Crippen LogP contribution is 2.44. The first kappa shape index (κ1) is 24.4. The minimum absolute atomic E-state index is 0.00337. The van der Waals surface area contributed by atoms with Crippen molar-refractivity contribution in [1.29, 1.82) is 0 Å². The number of anilines is 1. The van der Waals surface area contributed by atoms with Gasteiger partial charge in [-0.1, -0.05) is 5.16 Å². The van der Waals surface area contributed by atoms with Gasteiger partial charge >= 0.3 is 5.97 Å². The highest BCUT2D eigenvalue weighted by molar-refractivity contribution is 8.00. The number of nitrogens with zero attached hydrogens (tertiary/aromatic N) is 3. The molecule has 1 aromatic carbocycles. The molecule has 0 radical (unpaired) electrons. The van der Waals surface area contributed by atoms with Crippen LogP contribution in [0.25, 0.3) is 5.57 Å². The fourth-order valence-corrected chi connectivity index (χ4v) is 5.61. The smallest absolute Gasteiger partial charge is 0.352 e. The van der Waals surface area contributed by atoms with Crippen molar-refractivity contribution in [3.05, 3.63) is 42.8 Å². The Bertz CT molecular complexity index is 1370. The number of nitrogens with two attached hydrogens (primary N) is 1. The molecule has 4 N–H and O–H groups in total. The minimum atomic E-state index is -1.45. The van der Waals surface area contributed by atoms with Gasteiger partial charge in [-0.15, -0.1) is 23.1 Å². The van der Waals surface area contributed by atoms with Crippen LogP contribution < -0.4 is 26.6 Å². The van der Waals surface area contributed by atoms with Crippen molar-refractivity contribution in [3.63, 3.8) is 0 Å². The number of β-lactam (4-membered cyclic amide) rings is 1. The van der Waals surface area contributed by atoms with E-state index in [0.29, 0.717) is 0 Å². The van der Waals surface area contributed by atoms with Crippen molar-refractivity contribution >= 4 is 57.3 Å². The number of aliphatic carboxylic acids is 1. The van der Waals surface area contributed by atoms with Crippen molar-refractivity contribution in [2.75, 3.05) is 18.6 Å². The lowest BCUT2D eigenvalue weighted by molar-refractivity contribution is -0.149. The van der Waals surface area contributed by atoms with Gasteiger partial charge in [0.2, 0.25) is 5.43 Å². The molecule has 13 nitrogen and oxygen atoms in total. The van der Waals surface area contributed by atoms with Crippen molar-refractivity contribution < 1.29 is 29.1 Å². The van der Waals surface area contributed by atoms with E-state index < -0.39 is 51.9 Å². The number of thiazole rings is 1. The molecule has 2 amide bonds. The Kier molecular flexibility index (Phi) is 6.38. The second kappa shape index (κ2) is 9.14. The van der Waals surface area contributed by atoms with Gasteiger partial charge in [-0.3, -0.25) is 24.1 Å². The standard InChI is InChI=1S/C20H19N5O8S2/c1-6(2)33-15-9(13(26)14(15)27)7-4-34-18-11(17(29)25(18)12(7)19(30)31)23-16(28)10(24-32-3)8-5-35-20(21)22-8/h5-6,11,18H,4H2,1-3H3,(H2,21,22)(H,23,28)(H,30,31)/b24-10-/t11?,18-/m1/s1. The number of thioether (sulfide) groups is 1. The number of carboxylic acid groups (broad SMARTS) is 1. The van der Waals surface area contributed by atoms with Gasteiger partial charge in [0.05, 0.1) is 11.7 Å². The minimum Gasteiger partial charge on any atom is -0.486 e. The Labute approximate surface area is 205 Å². The predicted molar refractivity (Wildman–Crippen MR) is 127 cm³/mol. The topological polar surface area (TPSA) is 191 Å². The number of ether oxygens (including phenoxy) is 1. The summed E-state index contributed by atoms with van der Waals surface area (Å²) >= 11 is 2.22. The number of carbonyl (C=O) groups is 3. The summed E-state index contributed by atoms with van der Waals surface area (Å²) in [4.78, 5) is 71.8. The number of aromatic nitrogens is 1. The van der Waals surface area contributed by atoms with Crippen LogP contribution in [0.3, 0.4) is 0 Å². The number of rotatable bonds is 8. The zero-order chi connectivity index (χ0) is 25.6. The summed E-state index contributed by atoms with van der Waals surface area (Å²) in [7, 11) is 1.24. The highest BCUT2D eigenvalue weighted by atomic mass is 32.2. The average Bonchev–Trinajstić information content (AvgIpc) is 3.24. The molecule has 1 unspecified atom stereocenters. The molecule has 35 heavy (non-hydrogen) atoms. The average molecular weight is 522 g/mol. The molecule has 3 heterocycles. The second-order valence-corrected chi connectivity index (χ2v) is 9.71. The van der Waals surface area contributed by atoms with E-state index in [9.17, 15) is 29.1 Å². The number of fused-ring (bicyclic) bond motifs is 1. The Morgan fingerprint density at radius 2 is 2.03 bits per heavy atom. The normalized spacial score (nSPS) is 20.1. The van der Waals surface area contributed by atoms with Crippen molar-refractivity contribution in [3.8, 4) is 5.75 Å². The van der Waals surface area contributed by atoms with Gasteiger partial charge in [0.15, 0.2) is 16.6 Å². The maximum absolute atomic E-state index is 12.9. The number of hydrogen-bond donors (Lipinski definition) is 3. The lowest BCUT2D eigenvalue weighted by atomic mass is 9.95. The van der Waals surface area contributed by atoms with E-state index in [1.807, 2.05) is 0 Å². The Balaban J connectivity index is 1.62. The molecule has 1 aromatic heterocycles. The summed E-state index contributed by atoms with van der Waals surface area (Å²) < 4.78 is 5.41. The van der Waals surface area contributed by atoms with E-state index >= 15 is 0 Å². The summed E-state index contributed by atoms with van der Waals surface area (Å²) in [5.74, 6) is -3.13. The highest BCUT2D eigenvalue weighted by Gasteiger charge is 2.55. The monoisotopic (exact) mass is 521 g/mol. The van der Waals surface area contributed by atoms with Crippen molar-refractivity contribution in [2.24, 2.45) is 5.16 Å². The zero-order valence-electron chi connectivity index (χ0n) is 18.6. The summed E-state index contributed by atoms with van der Waals surface area (Å²) in [5, 5.41) is 17.0. The number of oxime groups is 1. The summed E-state index contributed by atoms with van der Waals surface area (Å²) in [6, 6.07) is -1.07. The van der Waals surface area contributed by atoms with Crippen LogP contribution in [0.1, 0.15) is 25.1 Å². The fourth-order valence-electron chi connectivity index (χ4n) is 3.71. The van der Waals surface area contributed by atoms with Gasteiger partial charge in [-0.05, 0) is 13.8 Å². The van der Waals surface area contributed by atoms with Crippen molar-refractivity contribution in [2.45, 2.75) is 31.4 Å². The van der Waals surface area contributed by atoms with Gasteiger partial charge in [0, 0.05) is 16.7 Å². The van der Waals surface area contributed by atoms with Crippen LogP contribution in [-0.4, -0.2) is 68.9 Å². The van der Waals surface area contributed by atoms with Gasteiger partial charge in [0.25, 0.3) is 17.2 Å². The van der Waals surface area contributed by atoms with Gasteiger partial charge in [-0.2, -0.15) is 0 Å². The summed E-state index contributed by atoms with van der Waals surface area (Å²) in [6.45, 7) is 3.32. The molecule has 2 atom stereocenters. The predicted octanol–water partition coefficient (Wildman–Crippen LogP) is -0.645. The van der Waals surface area contributed by atoms with E-state index in [1.54, 1.807) is 13.8 Å². The van der Waals surface area contributed by atoms with E-state index in [-0.39, 0.29) is 39.2 Å². The maximum atomic E-state index is 12.9. The first-order valence-electron chi connectivity index (χ1n) is 10.1. The molecule has 4 rings (SSSR count). The van der Waals surface area contributed by atoms with Crippen LogP contribution in [0.5, 0.6) is 5.75 Å². The van der Waals surface area contributed by atoms with E-state index in [0.717, 1.165) is 28.0 Å². The molecule has 1 saturated heterocycles. The van der Waals surface area contributed by atoms with Gasteiger partial charge in [0.1, 0.15) is 29.9 Å². The molecule has 0 aliphatic carbocycles. The first-order valence-corrected chi connectivity index (χ1v) is 12.0. The quantitative estimate of drug-likeness (QED) is 0.173. The van der Waals surface area contributed by atoms with Crippen LogP contribution in [0, 0.1) is 0 Å². The molecular weight excluding hydrogens is 502 g/mol. The Morgan fingerprint density at radius 1 is 1.31 bits per heavy atom. The molecule has 2 aliphatic heterocycles. The first-order chi connectivity index (χ1) is 16.6. The van der Waals surface area contributed by atoms with Crippen LogP contribution in [0.4, 0.5) is 5.13 Å². The van der Waals surface area contributed by atoms with Crippen LogP contribution >= 0.6 is 23.1 Å². The summed E-state index contributed by atoms with van der Waals surface area (Å²) in [5.41, 5.74) is 3.31.